The van der Waals surface area contributed by atoms with E-state index >= 15 is 0 Å². The molecule has 86 valence electrons. The SMILES string of the molecule is Cc1ccc(C(N)C2CC3CCC2O3)cn1. The Balaban J connectivity index is 1.77. The zero-order valence-corrected chi connectivity index (χ0v) is 9.60. The van der Waals surface area contributed by atoms with E-state index in [1.54, 1.807) is 0 Å². The predicted molar refractivity (Wildman–Crippen MR) is 61.9 cm³/mol. The lowest BCUT2D eigenvalue weighted by Crippen LogP contribution is -2.29. The third-order valence-electron chi connectivity index (χ3n) is 3.93. The predicted octanol–water partition coefficient (Wildman–Crippen LogP) is 1.96. The van der Waals surface area contributed by atoms with Gasteiger partial charge in [-0.25, -0.2) is 0 Å². The molecule has 0 spiro atoms. The molecule has 3 heteroatoms. The number of fused-ring (bicyclic) bond motifs is 2. The van der Waals surface area contributed by atoms with Gasteiger partial charge in [-0.3, -0.25) is 4.98 Å². The topological polar surface area (TPSA) is 48.1 Å². The second-order valence-corrected chi connectivity index (χ2v) is 5.03. The number of nitrogens with zero attached hydrogens (tertiary/aromatic N) is 1. The standard InChI is InChI=1S/C13H18N2O/c1-8-2-3-9(7-15-8)13(14)11-6-10-4-5-12(11)16-10/h2-3,7,10-13H,4-6,14H2,1H3. The van der Waals surface area contributed by atoms with Crippen LogP contribution in [0.5, 0.6) is 0 Å². The van der Waals surface area contributed by atoms with Gasteiger partial charge in [-0.15, -0.1) is 0 Å². The molecule has 2 aliphatic heterocycles. The molecular weight excluding hydrogens is 200 g/mol. The molecule has 3 heterocycles. The zero-order chi connectivity index (χ0) is 11.1. The third-order valence-corrected chi connectivity index (χ3v) is 3.93. The van der Waals surface area contributed by atoms with Gasteiger partial charge in [-0.05, 0) is 37.8 Å². The summed E-state index contributed by atoms with van der Waals surface area (Å²) in [6.07, 6.45) is 6.30. The molecule has 0 aromatic carbocycles. The number of rotatable bonds is 2. The van der Waals surface area contributed by atoms with E-state index in [2.05, 4.69) is 11.1 Å². The van der Waals surface area contributed by atoms with E-state index in [0.717, 1.165) is 17.7 Å². The number of ether oxygens (including phenoxy) is 1. The number of aryl methyl sites for hydroxylation is 1. The number of hydrogen-bond acceptors (Lipinski definition) is 3. The molecule has 0 radical (unpaired) electrons. The van der Waals surface area contributed by atoms with Gasteiger partial charge in [0.25, 0.3) is 0 Å². The van der Waals surface area contributed by atoms with Crippen LogP contribution in [0.1, 0.15) is 36.6 Å². The Kier molecular flexibility index (Phi) is 2.45. The maximum absolute atomic E-state index is 6.32. The van der Waals surface area contributed by atoms with Gasteiger partial charge in [0.05, 0.1) is 12.2 Å². The summed E-state index contributed by atoms with van der Waals surface area (Å²) < 4.78 is 5.85. The molecule has 16 heavy (non-hydrogen) atoms. The van der Waals surface area contributed by atoms with E-state index in [0.29, 0.717) is 18.1 Å². The van der Waals surface area contributed by atoms with Gasteiger partial charge in [0, 0.05) is 23.9 Å². The van der Waals surface area contributed by atoms with Gasteiger partial charge in [-0.2, -0.15) is 0 Å². The van der Waals surface area contributed by atoms with Crippen LogP contribution >= 0.6 is 0 Å². The molecule has 4 atom stereocenters. The first kappa shape index (κ1) is 10.2. The molecule has 1 aromatic heterocycles. The largest absolute Gasteiger partial charge is 0.375 e. The first-order valence-corrected chi connectivity index (χ1v) is 6.07. The molecule has 3 nitrogen and oxygen atoms in total. The van der Waals surface area contributed by atoms with Gasteiger partial charge in [0.1, 0.15) is 0 Å². The minimum atomic E-state index is 0.0865. The lowest BCUT2D eigenvalue weighted by atomic mass is 9.82. The van der Waals surface area contributed by atoms with Gasteiger partial charge in [0.15, 0.2) is 0 Å². The van der Waals surface area contributed by atoms with E-state index < -0.39 is 0 Å². The van der Waals surface area contributed by atoms with Crippen molar-refractivity contribution in [3.63, 3.8) is 0 Å². The van der Waals surface area contributed by atoms with Crippen molar-refractivity contribution in [3.8, 4) is 0 Å². The van der Waals surface area contributed by atoms with E-state index in [9.17, 15) is 0 Å². The Morgan fingerprint density at radius 2 is 2.31 bits per heavy atom. The van der Waals surface area contributed by atoms with Gasteiger partial charge >= 0.3 is 0 Å². The minimum absolute atomic E-state index is 0.0865. The van der Waals surface area contributed by atoms with Gasteiger partial charge in [-0.1, -0.05) is 6.07 Å². The maximum atomic E-state index is 6.32. The molecule has 0 saturated carbocycles. The highest BCUT2D eigenvalue weighted by atomic mass is 16.5. The van der Waals surface area contributed by atoms with Crippen LogP contribution in [0.15, 0.2) is 18.3 Å². The monoisotopic (exact) mass is 218 g/mol. The Hall–Kier alpha value is -0.930. The normalized spacial score (nSPS) is 34.2. The Morgan fingerprint density at radius 1 is 1.44 bits per heavy atom. The van der Waals surface area contributed by atoms with Crippen molar-refractivity contribution >= 4 is 0 Å². The van der Waals surface area contributed by atoms with Crippen molar-refractivity contribution in [3.05, 3.63) is 29.6 Å². The van der Waals surface area contributed by atoms with Crippen LogP contribution in [0.25, 0.3) is 0 Å². The van der Waals surface area contributed by atoms with Crippen LogP contribution in [-0.2, 0) is 4.74 Å². The molecule has 2 saturated heterocycles. The molecule has 1 aromatic rings. The van der Waals surface area contributed by atoms with Crippen molar-refractivity contribution < 1.29 is 4.74 Å². The number of pyridine rings is 1. The van der Waals surface area contributed by atoms with Crippen molar-refractivity contribution in [1.29, 1.82) is 0 Å². The van der Waals surface area contributed by atoms with Crippen LogP contribution < -0.4 is 5.73 Å². The van der Waals surface area contributed by atoms with Crippen LogP contribution in [0.3, 0.4) is 0 Å². The summed E-state index contributed by atoms with van der Waals surface area (Å²) in [5.41, 5.74) is 8.50. The van der Waals surface area contributed by atoms with Crippen molar-refractivity contribution in [2.75, 3.05) is 0 Å². The second-order valence-electron chi connectivity index (χ2n) is 5.03. The minimum Gasteiger partial charge on any atom is -0.375 e. The first-order chi connectivity index (χ1) is 7.74. The lowest BCUT2D eigenvalue weighted by Gasteiger charge is -2.25. The zero-order valence-electron chi connectivity index (χ0n) is 9.60. The average molecular weight is 218 g/mol. The molecule has 2 fully saturated rings. The van der Waals surface area contributed by atoms with E-state index in [4.69, 9.17) is 10.5 Å². The number of aromatic nitrogens is 1. The molecular formula is C13H18N2O. The van der Waals surface area contributed by atoms with Crippen molar-refractivity contribution in [2.45, 2.75) is 44.4 Å². The fourth-order valence-electron chi connectivity index (χ4n) is 2.98. The van der Waals surface area contributed by atoms with Crippen LogP contribution in [-0.4, -0.2) is 17.2 Å². The van der Waals surface area contributed by atoms with Gasteiger partial charge < -0.3 is 10.5 Å². The lowest BCUT2D eigenvalue weighted by molar-refractivity contribution is 0.0884. The van der Waals surface area contributed by atoms with E-state index in [-0.39, 0.29) is 6.04 Å². The Morgan fingerprint density at radius 3 is 2.88 bits per heavy atom. The maximum Gasteiger partial charge on any atom is 0.0627 e. The number of nitrogens with two attached hydrogens (primary N) is 1. The first-order valence-electron chi connectivity index (χ1n) is 6.07. The Labute approximate surface area is 96.0 Å². The summed E-state index contributed by atoms with van der Waals surface area (Å²) >= 11 is 0. The highest BCUT2D eigenvalue weighted by molar-refractivity contribution is 5.19. The Bertz CT molecular complexity index is 376. The molecule has 2 N–H and O–H groups in total. The van der Waals surface area contributed by atoms with Gasteiger partial charge in [0.2, 0.25) is 0 Å². The summed E-state index contributed by atoms with van der Waals surface area (Å²) in [5.74, 6) is 0.489. The van der Waals surface area contributed by atoms with Crippen LogP contribution in [0, 0.1) is 12.8 Å². The van der Waals surface area contributed by atoms with Crippen LogP contribution in [0.4, 0.5) is 0 Å². The smallest absolute Gasteiger partial charge is 0.0627 e. The average Bonchev–Trinajstić information content (AvgIpc) is 2.91. The fraction of sp³-hybridized carbons (Fsp3) is 0.615. The second kappa shape index (κ2) is 3.82. The summed E-state index contributed by atoms with van der Waals surface area (Å²) in [6, 6.07) is 4.21. The molecule has 0 aliphatic carbocycles. The summed E-state index contributed by atoms with van der Waals surface area (Å²) in [5, 5.41) is 0. The molecule has 2 bridgehead atoms. The molecule has 4 unspecified atom stereocenters. The summed E-state index contributed by atoms with van der Waals surface area (Å²) in [6.45, 7) is 2.00. The molecule has 2 aliphatic rings. The van der Waals surface area contributed by atoms with E-state index in [1.165, 1.54) is 12.8 Å². The fourth-order valence-corrected chi connectivity index (χ4v) is 2.98. The van der Waals surface area contributed by atoms with E-state index in [1.807, 2.05) is 19.2 Å². The van der Waals surface area contributed by atoms with Crippen LogP contribution in [0.2, 0.25) is 0 Å². The van der Waals surface area contributed by atoms with Crippen molar-refractivity contribution in [1.82, 2.24) is 4.98 Å². The highest BCUT2D eigenvalue weighted by Crippen LogP contribution is 2.43. The summed E-state index contributed by atoms with van der Waals surface area (Å²) in [7, 11) is 0. The number of hydrogen-bond donors (Lipinski definition) is 1. The summed E-state index contributed by atoms with van der Waals surface area (Å²) in [4.78, 5) is 4.31. The molecule has 0 amide bonds. The van der Waals surface area contributed by atoms with Crippen molar-refractivity contribution in [2.24, 2.45) is 11.7 Å². The highest BCUT2D eigenvalue weighted by Gasteiger charge is 2.43. The molecule has 3 rings (SSSR count). The quantitative estimate of drug-likeness (QED) is 0.825. The third kappa shape index (κ3) is 1.64.